The van der Waals surface area contributed by atoms with Crippen LogP contribution < -0.4 is 10.2 Å². The highest BCUT2D eigenvalue weighted by atomic mass is 35.5. The van der Waals surface area contributed by atoms with Crippen molar-refractivity contribution in [1.29, 1.82) is 0 Å². The smallest absolute Gasteiger partial charge is 0.289 e. The first kappa shape index (κ1) is 20.3. The van der Waals surface area contributed by atoms with Crippen molar-refractivity contribution in [3.63, 3.8) is 0 Å². The number of fused-ring (bicyclic) bond motifs is 7. The van der Waals surface area contributed by atoms with Crippen LogP contribution in [-0.4, -0.2) is 40.1 Å². The number of halogens is 1. The third-order valence-electron chi connectivity index (χ3n) is 7.53. The van der Waals surface area contributed by atoms with Gasteiger partial charge in [0.25, 0.3) is 5.69 Å². The SMILES string of the molecule is Cc1ccc2c(c1)C1(C(=O)N2)C2C(=O)N(c3ccc(Cl)c([N+](=O)[O-])c3)C(=O)C2C2CCCN21. The van der Waals surface area contributed by atoms with Gasteiger partial charge in [-0.15, -0.1) is 0 Å². The Morgan fingerprint density at radius 2 is 1.94 bits per heavy atom. The first-order chi connectivity index (χ1) is 15.8. The van der Waals surface area contributed by atoms with Gasteiger partial charge in [0.15, 0.2) is 0 Å². The van der Waals surface area contributed by atoms with Crippen LogP contribution in [0, 0.1) is 28.9 Å². The molecule has 4 heterocycles. The molecule has 168 valence electrons. The van der Waals surface area contributed by atoms with Gasteiger partial charge in [-0.05, 0) is 44.5 Å². The van der Waals surface area contributed by atoms with Crippen molar-refractivity contribution in [2.24, 2.45) is 11.8 Å². The van der Waals surface area contributed by atoms with Crippen molar-refractivity contribution in [1.82, 2.24) is 4.90 Å². The summed E-state index contributed by atoms with van der Waals surface area (Å²) in [4.78, 5) is 55.0. The highest BCUT2D eigenvalue weighted by molar-refractivity contribution is 6.33. The summed E-state index contributed by atoms with van der Waals surface area (Å²) in [5.74, 6) is -2.85. The lowest BCUT2D eigenvalue weighted by atomic mass is 9.75. The molecule has 1 N–H and O–H groups in total. The average molecular weight is 467 g/mol. The molecule has 0 aliphatic carbocycles. The molecule has 10 heteroatoms. The van der Waals surface area contributed by atoms with E-state index >= 15 is 0 Å². The third kappa shape index (κ3) is 2.38. The number of imide groups is 1. The van der Waals surface area contributed by atoms with E-state index in [-0.39, 0.29) is 28.3 Å². The lowest BCUT2D eigenvalue weighted by molar-refractivity contribution is -0.384. The molecule has 4 aliphatic heterocycles. The third-order valence-corrected chi connectivity index (χ3v) is 7.85. The Bertz CT molecular complexity index is 1300. The number of carbonyl (C=O) groups excluding carboxylic acids is 3. The van der Waals surface area contributed by atoms with Crippen LogP contribution in [0.15, 0.2) is 36.4 Å². The zero-order chi connectivity index (χ0) is 23.2. The number of benzene rings is 2. The molecule has 9 nitrogen and oxygen atoms in total. The molecular formula is C23H19ClN4O5. The Morgan fingerprint density at radius 1 is 1.15 bits per heavy atom. The number of aryl methyl sites for hydroxylation is 1. The number of carbonyl (C=O) groups is 3. The van der Waals surface area contributed by atoms with Crippen molar-refractivity contribution in [2.75, 3.05) is 16.8 Å². The minimum absolute atomic E-state index is 0.0824. The molecule has 3 amide bonds. The van der Waals surface area contributed by atoms with Gasteiger partial charge in [-0.3, -0.25) is 29.4 Å². The van der Waals surface area contributed by atoms with Crippen LogP contribution in [0.4, 0.5) is 17.1 Å². The van der Waals surface area contributed by atoms with Crippen LogP contribution in [0.2, 0.25) is 5.02 Å². The zero-order valence-corrected chi connectivity index (χ0v) is 18.3. The monoisotopic (exact) mass is 466 g/mol. The number of nitro groups is 1. The van der Waals surface area contributed by atoms with Crippen LogP contribution >= 0.6 is 11.6 Å². The highest BCUT2D eigenvalue weighted by Crippen LogP contribution is 2.60. The van der Waals surface area contributed by atoms with Gasteiger partial charge in [-0.25, -0.2) is 4.90 Å². The molecule has 3 fully saturated rings. The van der Waals surface area contributed by atoms with E-state index in [1.54, 1.807) is 0 Å². The molecule has 0 saturated carbocycles. The lowest BCUT2D eigenvalue weighted by Crippen LogP contribution is -2.54. The fourth-order valence-electron chi connectivity index (χ4n) is 6.35. The second-order valence-corrected chi connectivity index (χ2v) is 9.49. The molecule has 4 atom stereocenters. The van der Waals surface area contributed by atoms with Gasteiger partial charge in [-0.1, -0.05) is 29.3 Å². The van der Waals surface area contributed by atoms with E-state index < -0.39 is 34.1 Å². The molecule has 33 heavy (non-hydrogen) atoms. The molecular weight excluding hydrogens is 448 g/mol. The summed E-state index contributed by atoms with van der Waals surface area (Å²) in [6, 6.07) is 9.27. The molecule has 0 radical (unpaired) electrons. The summed E-state index contributed by atoms with van der Waals surface area (Å²) in [6.07, 6.45) is 1.52. The van der Waals surface area contributed by atoms with Gasteiger partial charge in [0.1, 0.15) is 10.6 Å². The zero-order valence-electron chi connectivity index (χ0n) is 17.6. The van der Waals surface area contributed by atoms with E-state index in [0.717, 1.165) is 28.5 Å². The van der Waals surface area contributed by atoms with Crippen LogP contribution in [0.3, 0.4) is 0 Å². The quantitative estimate of drug-likeness (QED) is 0.413. The summed E-state index contributed by atoms with van der Waals surface area (Å²) >= 11 is 5.94. The second-order valence-electron chi connectivity index (χ2n) is 9.08. The molecule has 1 spiro atoms. The van der Waals surface area contributed by atoms with E-state index in [1.165, 1.54) is 12.1 Å². The lowest BCUT2D eigenvalue weighted by Gasteiger charge is -2.36. The van der Waals surface area contributed by atoms with E-state index in [0.29, 0.717) is 18.7 Å². The summed E-state index contributed by atoms with van der Waals surface area (Å²) in [6.45, 7) is 2.54. The summed E-state index contributed by atoms with van der Waals surface area (Å²) in [7, 11) is 0. The van der Waals surface area contributed by atoms with Crippen LogP contribution in [0.1, 0.15) is 24.0 Å². The van der Waals surface area contributed by atoms with E-state index in [4.69, 9.17) is 11.6 Å². The van der Waals surface area contributed by atoms with Crippen LogP contribution in [0.5, 0.6) is 0 Å². The second kappa shape index (κ2) is 6.61. The van der Waals surface area contributed by atoms with E-state index in [1.807, 2.05) is 30.0 Å². The predicted molar refractivity (Wildman–Crippen MR) is 119 cm³/mol. The van der Waals surface area contributed by atoms with Gasteiger partial charge in [0, 0.05) is 23.4 Å². The molecule has 2 aromatic carbocycles. The van der Waals surface area contributed by atoms with Gasteiger partial charge >= 0.3 is 0 Å². The molecule has 6 rings (SSSR count). The molecule has 0 bridgehead atoms. The Labute approximate surface area is 193 Å². The maximum Gasteiger partial charge on any atom is 0.289 e. The van der Waals surface area contributed by atoms with E-state index in [9.17, 15) is 24.5 Å². The van der Waals surface area contributed by atoms with Crippen molar-refractivity contribution in [2.45, 2.75) is 31.3 Å². The van der Waals surface area contributed by atoms with Crippen LogP contribution in [0.25, 0.3) is 0 Å². The minimum atomic E-state index is -1.27. The van der Waals surface area contributed by atoms with Gasteiger partial charge in [-0.2, -0.15) is 0 Å². The summed E-state index contributed by atoms with van der Waals surface area (Å²) in [5.41, 5.74) is 0.759. The number of hydrogen-bond donors (Lipinski definition) is 1. The Kier molecular flexibility index (Phi) is 4.07. The normalized spacial score (nSPS) is 30.1. The summed E-state index contributed by atoms with van der Waals surface area (Å²) in [5, 5.41) is 14.2. The summed E-state index contributed by atoms with van der Waals surface area (Å²) < 4.78 is 0. The number of nitro benzene ring substituents is 1. The molecule has 0 aromatic heterocycles. The standard InChI is InChI=1S/C23H19ClN4O5/c1-11-4-7-15-13(9-11)23(22(31)25-15)19-18(16-3-2-8-26(16)23)20(29)27(21(19)30)12-5-6-14(24)17(10-12)28(32)33/h4-7,9-10,16,18-19H,2-3,8H2,1H3,(H,25,31). The van der Waals surface area contributed by atoms with Gasteiger partial charge in [0.2, 0.25) is 17.7 Å². The molecule has 2 aromatic rings. The largest absolute Gasteiger partial charge is 0.324 e. The number of rotatable bonds is 2. The van der Waals surface area contributed by atoms with Crippen molar-refractivity contribution in [3.05, 3.63) is 62.7 Å². The van der Waals surface area contributed by atoms with Gasteiger partial charge < -0.3 is 5.32 Å². The molecule has 4 unspecified atom stereocenters. The number of hydrogen-bond acceptors (Lipinski definition) is 6. The van der Waals surface area contributed by atoms with Gasteiger partial charge in [0.05, 0.1) is 22.4 Å². The first-order valence-corrected chi connectivity index (χ1v) is 11.2. The average Bonchev–Trinajstić information content (AvgIpc) is 3.47. The van der Waals surface area contributed by atoms with Crippen LogP contribution in [-0.2, 0) is 19.9 Å². The maximum atomic E-state index is 13.9. The fraction of sp³-hybridized carbons (Fsp3) is 0.348. The van der Waals surface area contributed by atoms with Crippen molar-refractivity contribution < 1.29 is 19.3 Å². The predicted octanol–water partition coefficient (Wildman–Crippen LogP) is 2.99. The fourth-order valence-corrected chi connectivity index (χ4v) is 6.54. The topological polar surface area (TPSA) is 113 Å². The van der Waals surface area contributed by atoms with E-state index in [2.05, 4.69) is 5.32 Å². The number of nitrogens with one attached hydrogen (secondary N) is 1. The number of nitrogens with zero attached hydrogens (tertiary/aromatic N) is 3. The highest BCUT2D eigenvalue weighted by Gasteiger charge is 2.74. The number of amides is 3. The number of anilines is 2. The Balaban J connectivity index is 1.54. The Hall–Kier alpha value is -3.30. The minimum Gasteiger partial charge on any atom is -0.324 e. The van der Waals surface area contributed by atoms with Crippen molar-refractivity contribution in [3.8, 4) is 0 Å². The maximum absolute atomic E-state index is 13.9. The molecule has 3 saturated heterocycles. The van der Waals surface area contributed by atoms with Crippen molar-refractivity contribution >= 4 is 46.4 Å². The first-order valence-electron chi connectivity index (χ1n) is 10.8. The Morgan fingerprint density at radius 3 is 2.70 bits per heavy atom. The molecule has 4 aliphatic rings.